The van der Waals surface area contributed by atoms with E-state index < -0.39 is 0 Å². The Hall–Kier alpha value is -2.56. The van der Waals surface area contributed by atoms with E-state index >= 15 is 0 Å². The molecule has 0 bridgehead atoms. The summed E-state index contributed by atoms with van der Waals surface area (Å²) >= 11 is 0. The van der Waals surface area contributed by atoms with Crippen molar-refractivity contribution in [1.29, 1.82) is 0 Å². The Labute approximate surface area is 162 Å². The number of hydrogen-bond acceptors (Lipinski definition) is 3. The molecule has 0 radical (unpaired) electrons. The molecule has 1 aliphatic rings. The highest BCUT2D eigenvalue weighted by molar-refractivity contribution is 5.75. The van der Waals surface area contributed by atoms with E-state index in [0.29, 0.717) is 19.0 Å². The summed E-state index contributed by atoms with van der Waals surface area (Å²) in [6.45, 7) is 9.53. The fourth-order valence-corrected chi connectivity index (χ4v) is 3.45. The van der Waals surface area contributed by atoms with Gasteiger partial charge in [-0.1, -0.05) is 44.2 Å². The van der Waals surface area contributed by atoms with Gasteiger partial charge in [0.15, 0.2) is 0 Å². The first-order valence-corrected chi connectivity index (χ1v) is 9.83. The van der Waals surface area contributed by atoms with Gasteiger partial charge in [-0.15, -0.1) is 0 Å². The third-order valence-electron chi connectivity index (χ3n) is 5.00. The number of carbonyl (C=O) groups is 1. The minimum absolute atomic E-state index is 0.000537. The molecule has 1 aromatic carbocycles. The van der Waals surface area contributed by atoms with Gasteiger partial charge in [-0.3, -0.25) is 0 Å². The van der Waals surface area contributed by atoms with E-state index in [4.69, 9.17) is 0 Å². The Kier molecular flexibility index (Phi) is 6.32. The Morgan fingerprint density at radius 1 is 1.04 bits per heavy atom. The van der Waals surface area contributed by atoms with Gasteiger partial charge in [-0.25, -0.2) is 9.78 Å². The van der Waals surface area contributed by atoms with Gasteiger partial charge in [0.25, 0.3) is 0 Å². The van der Waals surface area contributed by atoms with Gasteiger partial charge in [0.2, 0.25) is 0 Å². The van der Waals surface area contributed by atoms with E-state index in [9.17, 15) is 4.79 Å². The van der Waals surface area contributed by atoms with Crippen molar-refractivity contribution in [2.24, 2.45) is 5.92 Å². The highest BCUT2D eigenvalue weighted by atomic mass is 16.2. The average Bonchev–Trinajstić information content (AvgIpc) is 2.69. The minimum Gasteiger partial charge on any atom is -0.353 e. The number of pyridine rings is 1. The number of urea groups is 1. The lowest BCUT2D eigenvalue weighted by Gasteiger charge is -2.35. The molecule has 1 N–H and O–H groups in total. The first kappa shape index (κ1) is 19.2. The summed E-state index contributed by atoms with van der Waals surface area (Å²) in [4.78, 5) is 21.1. The number of anilines is 1. The number of aromatic nitrogens is 1. The molecule has 1 aliphatic heterocycles. The standard InChI is InChI=1S/C22H30N4O/c1-17(2)16-19-7-9-20(10-8-19)18(3)24-22(27)26-14-12-25(13-15-26)21-6-4-5-11-23-21/h4-11,17-18H,12-16H2,1-3H3,(H,24,27). The molecule has 27 heavy (non-hydrogen) atoms. The number of hydrogen-bond donors (Lipinski definition) is 1. The van der Waals surface area contributed by atoms with Crippen LogP contribution in [-0.4, -0.2) is 42.1 Å². The lowest BCUT2D eigenvalue weighted by atomic mass is 10.00. The van der Waals surface area contributed by atoms with Gasteiger partial charge in [0, 0.05) is 32.4 Å². The number of nitrogens with one attached hydrogen (secondary N) is 1. The van der Waals surface area contributed by atoms with Gasteiger partial charge in [0.1, 0.15) is 5.82 Å². The summed E-state index contributed by atoms with van der Waals surface area (Å²) in [5.74, 6) is 1.63. The molecule has 1 aromatic heterocycles. The van der Waals surface area contributed by atoms with Crippen molar-refractivity contribution in [3.63, 3.8) is 0 Å². The second kappa shape index (κ2) is 8.89. The summed E-state index contributed by atoms with van der Waals surface area (Å²) in [6.07, 6.45) is 2.89. The van der Waals surface area contributed by atoms with Crippen molar-refractivity contribution in [3.05, 3.63) is 59.8 Å². The van der Waals surface area contributed by atoms with E-state index in [1.54, 1.807) is 0 Å². The monoisotopic (exact) mass is 366 g/mol. The second-order valence-corrected chi connectivity index (χ2v) is 7.67. The summed E-state index contributed by atoms with van der Waals surface area (Å²) < 4.78 is 0. The molecule has 5 heteroatoms. The molecule has 0 spiro atoms. The predicted molar refractivity (Wildman–Crippen MR) is 110 cm³/mol. The van der Waals surface area contributed by atoms with Crippen LogP contribution in [0.4, 0.5) is 10.6 Å². The maximum atomic E-state index is 12.6. The zero-order valence-electron chi connectivity index (χ0n) is 16.6. The van der Waals surface area contributed by atoms with Crippen molar-refractivity contribution in [1.82, 2.24) is 15.2 Å². The number of amides is 2. The number of benzene rings is 1. The van der Waals surface area contributed by atoms with E-state index in [-0.39, 0.29) is 12.1 Å². The van der Waals surface area contributed by atoms with Gasteiger partial charge in [-0.05, 0) is 42.5 Å². The molecule has 1 fully saturated rings. The molecule has 144 valence electrons. The fourth-order valence-electron chi connectivity index (χ4n) is 3.45. The van der Waals surface area contributed by atoms with Crippen molar-refractivity contribution >= 4 is 11.8 Å². The molecule has 3 rings (SSSR count). The van der Waals surface area contributed by atoms with E-state index in [1.165, 1.54) is 5.56 Å². The van der Waals surface area contributed by atoms with Crippen LogP contribution in [0.3, 0.4) is 0 Å². The average molecular weight is 367 g/mol. The van der Waals surface area contributed by atoms with Gasteiger partial charge in [-0.2, -0.15) is 0 Å². The van der Waals surface area contributed by atoms with Crippen molar-refractivity contribution < 1.29 is 4.79 Å². The van der Waals surface area contributed by atoms with Crippen LogP contribution in [0.1, 0.15) is 37.9 Å². The molecule has 2 amide bonds. The summed E-state index contributed by atoms with van der Waals surface area (Å²) in [5, 5.41) is 3.13. The maximum Gasteiger partial charge on any atom is 0.317 e. The Morgan fingerprint density at radius 3 is 2.33 bits per heavy atom. The summed E-state index contributed by atoms with van der Waals surface area (Å²) in [7, 11) is 0. The second-order valence-electron chi connectivity index (χ2n) is 7.67. The zero-order valence-corrected chi connectivity index (χ0v) is 16.6. The number of piperazine rings is 1. The van der Waals surface area contributed by atoms with E-state index in [2.05, 4.69) is 53.3 Å². The molecule has 2 heterocycles. The molecule has 1 saturated heterocycles. The van der Waals surface area contributed by atoms with E-state index in [1.807, 2.05) is 36.2 Å². The van der Waals surface area contributed by atoms with Crippen LogP contribution in [0.25, 0.3) is 0 Å². The first-order chi connectivity index (χ1) is 13.0. The largest absolute Gasteiger partial charge is 0.353 e. The number of rotatable bonds is 5. The normalized spacial score (nSPS) is 15.7. The van der Waals surface area contributed by atoms with Gasteiger partial charge >= 0.3 is 6.03 Å². The number of nitrogens with zero attached hydrogens (tertiary/aromatic N) is 3. The lowest BCUT2D eigenvalue weighted by molar-refractivity contribution is 0.191. The quantitative estimate of drug-likeness (QED) is 0.874. The topological polar surface area (TPSA) is 48.5 Å². The van der Waals surface area contributed by atoms with Gasteiger partial charge in [0.05, 0.1) is 6.04 Å². The predicted octanol–water partition coefficient (Wildman–Crippen LogP) is 3.87. The molecule has 1 atom stereocenters. The zero-order chi connectivity index (χ0) is 19.2. The molecule has 5 nitrogen and oxygen atoms in total. The van der Waals surface area contributed by atoms with Crippen molar-refractivity contribution in [3.8, 4) is 0 Å². The highest BCUT2D eigenvalue weighted by Crippen LogP contribution is 2.17. The maximum absolute atomic E-state index is 12.6. The molecule has 2 aromatic rings. The molecule has 0 saturated carbocycles. The van der Waals surface area contributed by atoms with Crippen LogP contribution >= 0.6 is 0 Å². The highest BCUT2D eigenvalue weighted by Gasteiger charge is 2.22. The third kappa shape index (κ3) is 5.22. The molecule has 1 unspecified atom stereocenters. The van der Waals surface area contributed by atoms with Crippen LogP contribution in [0.15, 0.2) is 48.7 Å². The van der Waals surface area contributed by atoms with Crippen LogP contribution in [0.2, 0.25) is 0 Å². The van der Waals surface area contributed by atoms with Gasteiger partial charge < -0.3 is 15.1 Å². The minimum atomic E-state index is -0.000537. The van der Waals surface area contributed by atoms with Crippen LogP contribution < -0.4 is 10.2 Å². The lowest BCUT2D eigenvalue weighted by Crippen LogP contribution is -2.52. The Balaban J connectivity index is 1.50. The first-order valence-electron chi connectivity index (χ1n) is 9.83. The summed E-state index contributed by atoms with van der Waals surface area (Å²) in [5.41, 5.74) is 2.49. The SMILES string of the molecule is CC(C)Cc1ccc(C(C)NC(=O)N2CCN(c3ccccn3)CC2)cc1. The van der Waals surface area contributed by atoms with Crippen LogP contribution in [-0.2, 0) is 6.42 Å². The van der Waals surface area contributed by atoms with Crippen molar-refractivity contribution in [2.45, 2.75) is 33.2 Å². The molecular weight excluding hydrogens is 336 g/mol. The van der Waals surface area contributed by atoms with Crippen LogP contribution in [0, 0.1) is 5.92 Å². The Bertz CT molecular complexity index is 722. The molecular formula is C22H30N4O. The van der Waals surface area contributed by atoms with Crippen LogP contribution in [0.5, 0.6) is 0 Å². The molecule has 0 aliphatic carbocycles. The smallest absolute Gasteiger partial charge is 0.317 e. The third-order valence-corrected chi connectivity index (χ3v) is 5.00. The Morgan fingerprint density at radius 2 is 1.74 bits per heavy atom. The fraction of sp³-hybridized carbons (Fsp3) is 0.455. The summed E-state index contributed by atoms with van der Waals surface area (Å²) in [6, 6.07) is 14.5. The number of carbonyl (C=O) groups excluding carboxylic acids is 1. The van der Waals surface area contributed by atoms with Crippen molar-refractivity contribution in [2.75, 3.05) is 31.1 Å². The van der Waals surface area contributed by atoms with E-state index in [0.717, 1.165) is 30.9 Å².